The van der Waals surface area contributed by atoms with Crippen molar-refractivity contribution in [2.24, 2.45) is 0 Å². The average Bonchev–Trinajstić information content (AvgIpc) is 2.23. The zero-order valence-electron chi connectivity index (χ0n) is 8.12. The molecule has 0 amide bonds. The van der Waals surface area contributed by atoms with Crippen LogP contribution in [0.25, 0.3) is 0 Å². The molecule has 1 aliphatic rings. The lowest BCUT2D eigenvalue weighted by Crippen LogP contribution is -2.23. The Hall–Kier alpha value is -1.32. The fourth-order valence-corrected chi connectivity index (χ4v) is 1.88. The molecule has 0 unspecified atom stereocenters. The molecular formula is C10H15N3O. The van der Waals surface area contributed by atoms with Crippen LogP contribution in [-0.2, 0) is 0 Å². The van der Waals surface area contributed by atoms with E-state index in [0.29, 0.717) is 6.04 Å². The van der Waals surface area contributed by atoms with Gasteiger partial charge in [0.05, 0.1) is 0 Å². The number of aromatic amines is 1. The first-order valence-electron chi connectivity index (χ1n) is 5.17. The number of H-pyrrole nitrogens is 1. The molecule has 0 bridgehead atoms. The summed E-state index contributed by atoms with van der Waals surface area (Å²) in [5, 5.41) is 9.67. The molecule has 1 saturated carbocycles. The van der Waals surface area contributed by atoms with E-state index in [1.165, 1.54) is 38.2 Å². The maximum Gasteiger partial charge on any atom is 0.264 e. The third kappa shape index (κ3) is 2.34. The van der Waals surface area contributed by atoms with E-state index in [2.05, 4.69) is 15.5 Å². The fourth-order valence-electron chi connectivity index (χ4n) is 1.88. The summed E-state index contributed by atoms with van der Waals surface area (Å²) < 4.78 is 0. The Morgan fingerprint density at radius 2 is 2.07 bits per heavy atom. The van der Waals surface area contributed by atoms with Crippen LogP contribution >= 0.6 is 0 Å². The van der Waals surface area contributed by atoms with E-state index in [1.807, 2.05) is 0 Å². The summed E-state index contributed by atoms with van der Waals surface area (Å²) >= 11 is 0. The number of rotatable bonds is 2. The molecule has 0 aromatic carbocycles. The molecular weight excluding hydrogens is 178 g/mol. The van der Waals surface area contributed by atoms with Crippen LogP contribution in [0.3, 0.4) is 0 Å². The SMILES string of the molecule is O=c1ccc(NC2CCCCC2)n[nH]1. The lowest BCUT2D eigenvalue weighted by molar-refractivity contribution is 0.461. The highest BCUT2D eigenvalue weighted by molar-refractivity contribution is 5.32. The van der Waals surface area contributed by atoms with Gasteiger partial charge in [-0.3, -0.25) is 4.79 Å². The molecule has 2 rings (SSSR count). The van der Waals surface area contributed by atoms with Gasteiger partial charge in [0, 0.05) is 12.1 Å². The quantitative estimate of drug-likeness (QED) is 0.748. The predicted molar refractivity (Wildman–Crippen MR) is 55.4 cm³/mol. The van der Waals surface area contributed by atoms with Gasteiger partial charge in [-0.2, -0.15) is 5.10 Å². The van der Waals surface area contributed by atoms with Gasteiger partial charge in [-0.05, 0) is 18.9 Å². The van der Waals surface area contributed by atoms with Gasteiger partial charge in [-0.1, -0.05) is 19.3 Å². The minimum Gasteiger partial charge on any atom is -0.366 e. The lowest BCUT2D eigenvalue weighted by Gasteiger charge is -2.22. The highest BCUT2D eigenvalue weighted by Gasteiger charge is 2.12. The Morgan fingerprint density at radius 1 is 1.29 bits per heavy atom. The van der Waals surface area contributed by atoms with Crippen molar-refractivity contribution in [1.82, 2.24) is 10.2 Å². The molecule has 4 nitrogen and oxygen atoms in total. The Morgan fingerprint density at radius 3 is 2.71 bits per heavy atom. The maximum absolute atomic E-state index is 10.8. The Kier molecular flexibility index (Phi) is 2.81. The zero-order valence-corrected chi connectivity index (χ0v) is 8.12. The van der Waals surface area contributed by atoms with Crippen LogP contribution in [0.15, 0.2) is 16.9 Å². The lowest BCUT2D eigenvalue weighted by atomic mass is 9.95. The van der Waals surface area contributed by atoms with Crippen LogP contribution in [-0.4, -0.2) is 16.2 Å². The topological polar surface area (TPSA) is 57.8 Å². The van der Waals surface area contributed by atoms with Crippen molar-refractivity contribution in [2.45, 2.75) is 38.1 Å². The maximum atomic E-state index is 10.8. The Bertz CT molecular complexity index is 321. The monoisotopic (exact) mass is 193 g/mol. The van der Waals surface area contributed by atoms with Crippen LogP contribution in [0.4, 0.5) is 5.82 Å². The first-order chi connectivity index (χ1) is 6.84. The molecule has 76 valence electrons. The molecule has 1 fully saturated rings. The fraction of sp³-hybridized carbons (Fsp3) is 0.600. The van der Waals surface area contributed by atoms with Gasteiger partial charge in [0.1, 0.15) is 5.82 Å². The van der Waals surface area contributed by atoms with Gasteiger partial charge < -0.3 is 5.32 Å². The summed E-state index contributed by atoms with van der Waals surface area (Å²) in [6.07, 6.45) is 6.35. The molecule has 0 saturated heterocycles. The van der Waals surface area contributed by atoms with Crippen molar-refractivity contribution in [1.29, 1.82) is 0 Å². The van der Waals surface area contributed by atoms with Gasteiger partial charge in [0.25, 0.3) is 5.56 Å². The molecule has 1 aromatic heterocycles. The van der Waals surface area contributed by atoms with E-state index in [9.17, 15) is 4.79 Å². The third-order valence-electron chi connectivity index (χ3n) is 2.64. The minimum absolute atomic E-state index is 0.154. The molecule has 0 atom stereocenters. The van der Waals surface area contributed by atoms with Gasteiger partial charge in [-0.25, -0.2) is 5.10 Å². The molecule has 1 heterocycles. The number of nitrogens with one attached hydrogen (secondary N) is 2. The molecule has 0 aliphatic heterocycles. The van der Waals surface area contributed by atoms with E-state index in [4.69, 9.17) is 0 Å². The van der Waals surface area contributed by atoms with Crippen LogP contribution in [0.5, 0.6) is 0 Å². The number of hydrogen-bond acceptors (Lipinski definition) is 3. The van der Waals surface area contributed by atoms with E-state index in [0.717, 1.165) is 5.82 Å². The molecule has 4 heteroatoms. The van der Waals surface area contributed by atoms with Crippen molar-refractivity contribution < 1.29 is 0 Å². The second-order valence-electron chi connectivity index (χ2n) is 3.79. The van der Waals surface area contributed by atoms with Crippen LogP contribution in [0.2, 0.25) is 0 Å². The van der Waals surface area contributed by atoms with Crippen molar-refractivity contribution in [3.8, 4) is 0 Å². The van der Waals surface area contributed by atoms with E-state index >= 15 is 0 Å². The van der Waals surface area contributed by atoms with Gasteiger partial charge >= 0.3 is 0 Å². The van der Waals surface area contributed by atoms with E-state index in [1.54, 1.807) is 6.07 Å². The summed E-state index contributed by atoms with van der Waals surface area (Å²) in [5.41, 5.74) is -0.154. The van der Waals surface area contributed by atoms with Crippen molar-refractivity contribution >= 4 is 5.82 Å². The summed E-state index contributed by atoms with van der Waals surface area (Å²) in [7, 11) is 0. The van der Waals surface area contributed by atoms with Gasteiger partial charge in [-0.15, -0.1) is 0 Å². The van der Waals surface area contributed by atoms with Gasteiger partial charge in [0.2, 0.25) is 0 Å². The minimum atomic E-state index is -0.154. The molecule has 1 aliphatic carbocycles. The van der Waals surface area contributed by atoms with Crippen LogP contribution in [0.1, 0.15) is 32.1 Å². The number of nitrogens with zero attached hydrogens (tertiary/aromatic N) is 1. The Balaban J connectivity index is 1.96. The molecule has 0 radical (unpaired) electrons. The normalized spacial score (nSPS) is 18.0. The second kappa shape index (κ2) is 4.26. The third-order valence-corrected chi connectivity index (χ3v) is 2.64. The van der Waals surface area contributed by atoms with Crippen molar-refractivity contribution in [3.63, 3.8) is 0 Å². The highest BCUT2D eigenvalue weighted by atomic mass is 16.1. The zero-order chi connectivity index (χ0) is 9.80. The second-order valence-corrected chi connectivity index (χ2v) is 3.79. The predicted octanol–water partition coefficient (Wildman–Crippen LogP) is 1.51. The van der Waals surface area contributed by atoms with Crippen LogP contribution < -0.4 is 10.9 Å². The largest absolute Gasteiger partial charge is 0.366 e. The summed E-state index contributed by atoms with van der Waals surface area (Å²) in [5.74, 6) is 0.775. The van der Waals surface area contributed by atoms with Crippen molar-refractivity contribution in [3.05, 3.63) is 22.5 Å². The average molecular weight is 193 g/mol. The number of hydrogen-bond donors (Lipinski definition) is 2. The Labute approximate surface area is 82.7 Å². The molecule has 14 heavy (non-hydrogen) atoms. The van der Waals surface area contributed by atoms with Crippen molar-refractivity contribution in [2.75, 3.05) is 5.32 Å². The first-order valence-corrected chi connectivity index (χ1v) is 5.17. The standard InChI is InChI=1S/C10H15N3O/c14-10-7-6-9(12-13-10)11-8-4-2-1-3-5-8/h6-8H,1-5H2,(H,11,12)(H,13,14). The number of aromatic nitrogens is 2. The van der Waals surface area contributed by atoms with Gasteiger partial charge in [0.15, 0.2) is 0 Å². The summed E-state index contributed by atoms with van der Waals surface area (Å²) in [6, 6.07) is 3.76. The first kappa shape index (κ1) is 9.24. The molecule has 1 aromatic rings. The number of anilines is 1. The van der Waals surface area contributed by atoms with E-state index in [-0.39, 0.29) is 5.56 Å². The summed E-state index contributed by atoms with van der Waals surface area (Å²) in [6.45, 7) is 0. The molecule has 2 N–H and O–H groups in total. The molecule has 0 spiro atoms. The van der Waals surface area contributed by atoms with Crippen LogP contribution in [0, 0.1) is 0 Å². The van der Waals surface area contributed by atoms with E-state index < -0.39 is 0 Å². The summed E-state index contributed by atoms with van der Waals surface area (Å²) in [4.78, 5) is 10.8. The smallest absolute Gasteiger partial charge is 0.264 e. The highest BCUT2D eigenvalue weighted by Crippen LogP contribution is 2.19.